The van der Waals surface area contributed by atoms with Crippen LogP contribution >= 0.6 is 0 Å². The van der Waals surface area contributed by atoms with E-state index in [0.717, 1.165) is 43.1 Å². The second kappa shape index (κ2) is 5.73. The van der Waals surface area contributed by atoms with E-state index in [1.54, 1.807) is 6.20 Å². The average molecular weight is 288 g/mol. The lowest BCUT2D eigenvalue weighted by molar-refractivity contribution is -0.134. The Kier molecular flexibility index (Phi) is 3.79. The molecule has 0 bridgehead atoms. The highest BCUT2D eigenvalue weighted by atomic mass is 16.5. The molecule has 0 radical (unpaired) electrons. The van der Waals surface area contributed by atoms with Crippen LogP contribution in [0.1, 0.15) is 5.56 Å². The smallest absolute Gasteiger partial charge is 0.260 e. The minimum absolute atomic E-state index is 0.0470. The number of nitrogens with zero attached hydrogens (tertiary/aromatic N) is 4. The zero-order valence-electron chi connectivity index (χ0n) is 12.5. The second-order valence-corrected chi connectivity index (χ2v) is 5.49. The molecule has 3 rings (SSSR count). The fraction of sp³-hybridized carbons (Fsp3) is 0.467. The summed E-state index contributed by atoms with van der Waals surface area (Å²) in [6.07, 6.45) is 5.59. The van der Waals surface area contributed by atoms with E-state index in [0.29, 0.717) is 0 Å². The zero-order chi connectivity index (χ0) is 14.8. The van der Waals surface area contributed by atoms with E-state index in [1.165, 1.54) is 0 Å². The number of imidazole rings is 1. The lowest BCUT2D eigenvalue weighted by Crippen LogP contribution is -2.48. The van der Waals surface area contributed by atoms with Crippen LogP contribution in [0.5, 0.6) is 5.75 Å². The Morgan fingerprint density at radius 1 is 1.33 bits per heavy atom. The average Bonchev–Trinajstić information content (AvgIpc) is 2.92. The van der Waals surface area contributed by atoms with Gasteiger partial charge in [0.2, 0.25) is 0 Å². The monoisotopic (exact) mass is 288 g/mol. The molecule has 2 aromatic rings. The number of carbonyl (C=O) groups excluding carboxylic acids is 1. The number of likely N-dealkylation sites (N-methyl/N-ethyl adjacent to an activating group) is 1. The van der Waals surface area contributed by atoms with Gasteiger partial charge < -0.3 is 18.9 Å². The predicted molar refractivity (Wildman–Crippen MR) is 79.5 cm³/mol. The van der Waals surface area contributed by atoms with Crippen LogP contribution < -0.4 is 4.74 Å². The predicted octanol–water partition coefficient (Wildman–Crippen LogP) is 0.796. The third-order valence-electron chi connectivity index (χ3n) is 3.89. The van der Waals surface area contributed by atoms with Crippen molar-refractivity contribution in [1.82, 2.24) is 19.2 Å². The minimum Gasteiger partial charge on any atom is -0.483 e. The van der Waals surface area contributed by atoms with Crippen LogP contribution in [0.25, 0.3) is 5.65 Å². The van der Waals surface area contributed by atoms with Crippen LogP contribution in [0.15, 0.2) is 24.7 Å². The highest BCUT2D eigenvalue weighted by molar-refractivity contribution is 5.78. The molecule has 0 unspecified atom stereocenters. The van der Waals surface area contributed by atoms with Gasteiger partial charge in [0.1, 0.15) is 11.4 Å². The molecule has 1 aliphatic rings. The molecule has 1 saturated heterocycles. The number of hydrogen-bond donors (Lipinski definition) is 0. The Balaban J connectivity index is 1.63. The van der Waals surface area contributed by atoms with Crippen molar-refractivity contribution in [3.8, 4) is 5.75 Å². The number of piperazine rings is 1. The quantitative estimate of drug-likeness (QED) is 0.838. The maximum Gasteiger partial charge on any atom is 0.260 e. The van der Waals surface area contributed by atoms with Gasteiger partial charge in [0.05, 0.1) is 0 Å². The first-order valence-electron chi connectivity index (χ1n) is 7.16. The Morgan fingerprint density at radius 2 is 2.10 bits per heavy atom. The molecule has 0 atom stereocenters. The van der Waals surface area contributed by atoms with Crippen LogP contribution in [0.3, 0.4) is 0 Å². The summed E-state index contributed by atoms with van der Waals surface area (Å²) >= 11 is 0. The summed E-state index contributed by atoms with van der Waals surface area (Å²) in [7, 11) is 2.07. The molecule has 0 saturated carbocycles. The molecule has 0 N–H and O–H groups in total. The van der Waals surface area contributed by atoms with Gasteiger partial charge in [0.25, 0.3) is 5.91 Å². The molecule has 3 heterocycles. The zero-order valence-corrected chi connectivity index (χ0v) is 12.5. The molecule has 112 valence electrons. The minimum atomic E-state index is 0.0470. The summed E-state index contributed by atoms with van der Waals surface area (Å²) in [4.78, 5) is 20.5. The lowest BCUT2D eigenvalue weighted by Gasteiger charge is -2.32. The van der Waals surface area contributed by atoms with Gasteiger partial charge in [-0.15, -0.1) is 0 Å². The number of aryl methyl sites for hydroxylation is 1. The van der Waals surface area contributed by atoms with Crippen molar-refractivity contribution < 1.29 is 9.53 Å². The number of aromatic nitrogens is 2. The summed E-state index contributed by atoms with van der Waals surface area (Å²) in [5.74, 6) is 0.766. The Hall–Kier alpha value is -2.08. The summed E-state index contributed by atoms with van der Waals surface area (Å²) in [5.41, 5.74) is 1.81. The highest BCUT2D eigenvalue weighted by Crippen LogP contribution is 2.19. The van der Waals surface area contributed by atoms with Gasteiger partial charge in [-0.05, 0) is 14.0 Å². The van der Waals surface area contributed by atoms with Crippen LogP contribution in [0.4, 0.5) is 0 Å². The van der Waals surface area contributed by atoms with E-state index in [1.807, 2.05) is 34.7 Å². The third-order valence-corrected chi connectivity index (χ3v) is 3.89. The number of rotatable bonds is 3. The molecular formula is C15H20N4O2. The van der Waals surface area contributed by atoms with Gasteiger partial charge in [0, 0.05) is 56.4 Å². The normalized spacial score (nSPS) is 16.4. The molecule has 0 aromatic carbocycles. The first-order valence-corrected chi connectivity index (χ1v) is 7.16. The molecule has 0 spiro atoms. The molecule has 0 aliphatic carbocycles. The first-order chi connectivity index (χ1) is 10.1. The number of fused-ring (bicyclic) bond motifs is 1. The summed E-state index contributed by atoms with van der Waals surface area (Å²) in [5, 5.41) is 0. The first kappa shape index (κ1) is 13.9. The lowest BCUT2D eigenvalue weighted by atomic mass is 10.3. The van der Waals surface area contributed by atoms with E-state index < -0.39 is 0 Å². The highest BCUT2D eigenvalue weighted by Gasteiger charge is 2.19. The Bertz CT molecular complexity index is 644. The maximum absolute atomic E-state index is 12.2. The number of hydrogen-bond acceptors (Lipinski definition) is 4. The molecular weight excluding hydrogens is 268 g/mol. The molecule has 2 aromatic heterocycles. The number of carbonyl (C=O) groups is 1. The maximum atomic E-state index is 12.2. The van der Waals surface area contributed by atoms with E-state index in [2.05, 4.69) is 16.9 Å². The van der Waals surface area contributed by atoms with Crippen LogP contribution in [-0.4, -0.2) is 64.9 Å². The van der Waals surface area contributed by atoms with Crippen molar-refractivity contribution >= 4 is 11.6 Å². The molecule has 6 nitrogen and oxygen atoms in total. The van der Waals surface area contributed by atoms with Crippen LogP contribution in [-0.2, 0) is 4.79 Å². The van der Waals surface area contributed by atoms with Crippen molar-refractivity contribution in [3.63, 3.8) is 0 Å². The van der Waals surface area contributed by atoms with Gasteiger partial charge in [0.15, 0.2) is 6.61 Å². The summed E-state index contributed by atoms with van der Waals surface area (Å²) < 4.78 is 7.63. The van der Waals surface area contributed by atoms with Gasteiger partial charge in [-0.3, -0.25) is 4.79 Å². The number of pyridine rings is 1. The van der Waals surface area contributed by atoms with E-state index >= 15 is 0 Å². The fourth-order valence-corrected chi connectivity index (χ4v) is 2.49. The van der Waals surface area contributed by atoms with Crippen molar-refractivity contribution in [1.29, 1.82) is 0 Å². The van der Waals surface area contributed by atoms with Crippen LogP contribution in [0, 0.1) is 6.92 Å². The molecule has 6 heteroatoms. The largest absolute Gasteiger partial charge is 0.483 e. The summed E-state index contributed by atoms with van der Waals surface area (Å²) in [6, 6.07) is 1.87. The summed E-state index contributed by atoms with van der Waals surface area (Å²) in [6.45, 7) is 5.44. The Labute approximate surface area is 123 Å². The van der Waals surface area contributed by atoms with E-state index in [9.17, 15) is 4.79 Å². The van der Waals surface area contributed by atoms with E-state index in [-0.39, 0.29) is 12.5 Å². The van der Waals surface area contributed by atoms with Gasteiger partial charge in [-0.2, -0.15) is 0 Å². The van der Waals surface area contributed by atoms with Crippen molar-refractivity contribution in [3.05, 3.63) is 30.2 Å². The van der Waals surface area contributed by atoms with E-state index in [4.69, 9.17) is 4.74 Å². The van der Waals surface area contributed by atoms with Crippen molar-refractivity contribution in [2.75, 3.05) is 39.8 Å². The number of ether oxygens (including phenoxy) is 1. The standard InChI is InChI=1S/C15H20N4O2/c1-12-10-19-4-3-16-14(19)9-13(12)21-11-15(20)18-7-5-17(2)6-8-18/h3-4,9-10H,5-8,11H2,1-2H3. The topological polar surface area (TPSA) is 50.1 Å². The molecule has 1 fully saturated rings. The molecule has 1 amide bonds. The third kappa shape index (κ3) is 3.00. The second-order valence-electron chi connectivity index (χ2n) is 5.49. The number of amides is 1. The van der Waals surface area contributed by atoms with Gasteiger partial charge in [-0.1, -0.05) is 0 Å². The van der Waals surface area contributed by atoms with Crippen LogP contribution in [0.2, 0.25) is 0 Å². The fourth-order valence-electron chi connectivity index (χ4n) is 2.49. The molecule has 1 aliphatic heterocycles. The van der Waals surface area contributed by atoms with Gasteiger partial charge in [-0.25, -0.2) is 4.98 Å². The SMILES string of the molecule is Cc1cn2ccnc2cc1OCC(=O)N1CCN(C)CC1. The molecule has 21 heavy (non-hydrogen) atoms. The van der Waals surface area contributed by atoms with Crippen molar-refractivity contribution in [2.45, 2.75) is 6.92 Å². The van der Waals surface area contributed by atoms with Crippen molar-refractivity contribution in [2.24, 2.45) is 0 Å². The van der Waals surface area contributed by atoms with Gasteiger partial charge >= 0.3 is 0 Å². The Morgan fingerprint density at radius 3 is 2.86 bits per heavy atom.